The third kappa shape index (κ3) is 4.31. The van der Waals surface area contributed by atoms with Gasteiger partial charge in [-0.1, -0.05) is 0 Å². The molecule has 3 heterocycles. The van der Waals surface area contributed by atoms with Crippen molar-refractivity contribution in [2.75, 3.05) is 38.2 Å². The van der Waals surface area contributed by atoms with Crippen LogP contribution in [0.4, 0.5) is 10.6 Å². The third-order valence-corrected chi connectivity index (χ3v) is 5.92. The number of methoxy groups -OCH3 is 1. The van der Waals surface area contributed by atoms with Crippen LogP contribution in [0.5, 0.6) is 0 Å². The van der Waals surface area contributed by atoms with Crippen LogP contribution in [0.25, 0.3) is 0 Å². The van der Waals surface area contributed by atoms with Gasteiger partial charge in [0, 0.05) is 43.6 Å². The number of aromatic nitrogens is 2. The van der Waals surface area contributed by atoms with Crippen molar-refractivity contribution in [3.63, 3.8) is 0 Å². The van der Waals surface area contributed by atoms with Gasteiger partial charge in [0.25, 0.3) is 0 Å². The van der Waals surface area contributed by atoms with Gasteiger partial charge in [0.15, 0.2) is 5.69 Å². The largest absolute Gasteiger partial charge is 0.464 e. The van der Waals surface area contributed by atoms with E-state index in [2.05, 4.69) is 9.88 Å². The van der Waals surface area contributed by atoms with Crippen molar-refractivity contribution in [3.8, 4) is 0 Å². The molecule has 1 amide bonds. The number of carbonyl (C=O) groups excluding carboxylic acids is 2. The number of nitrogens with zero attached hydrogens (tertiary/aromatic N) is 4. The van der Waals surface area contributed by atoms with Crippen LogP contribution in [0, 0.1) is 5.41 Å². The number of hydrogen-bond acceptors (Lipinski definition) is 7. The fourth-order valence-electron chi connectivity index (χ4n) is 4.08. The first-order valence-electron chi connectivity index (χ1n) is 10.4. The average molecular weight is 402 g/mol. The van der Waals surface area contributed by atoms with E-state index in [-0.39, 0.29) is 11.5 Å². The van der Waals surface area contributed by atoms with Gasteiger partial charge in [0.05, 0.1) is 7.11 Å². The normalized spacial score (nSPS) is 21.0. The number of likely N-dealkylation sites (tertiary alicyclic amines) is 1. The van der Waals surface area contributed by atoms with Crippen LogP contribution in [-0.4, -0.2) is 65.8 Å². The lowest BCUT2D eigenvalue weighted by atomic mass is 9.72. The number of anilines is 1. The molecule has 0 unspecified atom stereocenters. The Morgan fingerprint density at radius 1 is 1.14 bits per heavy atom. The number of rotatable bonds is 3. The molecule has 1 saturated carbocycles. The molecule has 0 bridgehead atoms. The smallest absolute Gasteiger partial charge is 0.410 e. The molecule has 1 aromatic rings. The van der Waals surface area contributed by atoms with Crippen molar-refractivity contribution in [2.45, 2.75) is 58.0 Å². The minimum absolute atomic E-state index is 0.203. The molecule has 1 aromatic heterocycles. The summed E-state index contributed by atoms with van der Waals surface area (Å²) < 4.78 is 10.4. The quantitative estimate of drug-likeness (QED) is 0.719. The lowest BCUT2D eigenvalue weighted by molar-refractivity contribution is 0.00588. The molecule has 29 heavy (non-hydrogen) atoms. The summed E-state index contributed by atoms with van der Waals surface area (Å²) in [6.07, 6.45) is 3.83. The summed E-state index contributed by atoms with van der Waals surface area (Å²) in [4.78, 5) is 37.4. The van der Waals surface area contributed by atoms with Crippen molar-refractivity contribution >= 4 is 17.9 Å². The first-order valence-corrected chi connectivity index (χ1v) is 10.4. The van der Waals surface area contributed by atoms with Gasteiger partial charge < -0.3 is 19.3 Å². The molecule has 4 rings (SSSR count). The molecule has 3 aliphatic rings. The zero-order valence-electron chi connectivity index (χ0n) is 17.7. The van der Waals surface area contributed by atoms with Gasteiger partial charge in [-0.2, -0.15) is 0 Å². The maximum absolute atomic E-state index is 12.3. The van der Waals surface area contributed by atoms with E-state index < -0.39 is 11.6 Å². The predicted molar refractivity (Wildman–Crippen MR) is 107 cm³/mol. The van der Waals surface area contributed by atoms with Gasteiger partial charge in [-0.25, -0.2) is 19.6 Å². The first kappa shape index (κ1) is 19.9. The molecule has 8 nitrogen and oxygen atoms in total. The SMILES string of the molecule is COC(=O)c1cc(N2CC3(CCN(C(=O)OC(C)(C)C)CC3)C2)nc(C2CC2)n1. The summed E-state index contributed by atoms with van der Waals surface area (Å²) in [6.45, 7) is 8.87. The number of hydrogen-bond donors (Lipinski definition) is 0. The van der Waals surface area contributed by atoms with E-state index in [0.29, 0.717) is 24.7 Å². The molecule has 0 N–H and O–H groups in total. The van der Waals surface area contributed by atoms with Gasteiger partial charge in [0.1, 0.15) is 17.2 Å². The molecule has 2 saturated heterocycles. The van der Waals surface area contributed by atoms with E-state index in [0.717, 1.165) is 50.4 Å². The van der Waals surface area contributed by atoms with Crippen molar-refractivity contribution in [1.82, 2.24) is 14.9 Å². The van der Waals surface area contributed by atoms with E-state index in [1.165, 1.54) is 7.11 Å². The number of ether oxygens (including phenoxy) is 2. The second kappa shape index (κ2) is 7.15. The zero-order chi connectivity index (χ0) is 20.8. The van der Waals surface area contributed by atoms with Crippen LogP contribution < -0.4 is 4.90 Å². The Hall–Kier alpha value is -2.38. The highest BCUT2D eigenvalue weighted by molar-refractivity contribution is 5.88. The minimum atomic E-state index is -0.469. The van der Waals surface area contributed by atoms with Crippen LogP contribution in [0.1, 0.15) is 68.7 Å². The standard InChI is InChI=1S/C21H30N4O4/c1-20(2,3)29-19(27)24-9-7-21(8-10-24)12-25(13-21)16-11-15(18(26)28-4)22-17(23-16)14-5-6-14/h11,14H,5-10,12-13H2,1-4H3. The van der Waals surface area contributed by atoms with Gasteiger partial charge in [-0.3, -0.25) is 0 Å². The van der Waals surface area contributed by atoms with Crippen LogP contribution in [-0.2, 0) is 9.47 Å². The van der Waals surface area contributed by atoms with Gasteiger partial charge in [-0.15, -0.1) is 0 Å². The first-order chi connectivity index (χ1) is 13.7. The molecule has 2 aliphatic heterocycles. The van der Waals surface area contributed by atoms with E-state index in [4.69, 9.17) is 14.5 Å². The van der Waals surface area contributed by atoms with Crippen molar-refractivity contribution < 1.29 is 19.1 Å². The second-order valence-corrected chi connectivity index (χ2v) is 9.56. The lowest BCUT2D eigenvalue weighted by Gasteiger charge is -2.54. The van der Waals surface area contributed by atoms with Crippen LogP contribution in [0.2, 0.25) is 0 Å². The predicted octanol–water partition coefficient (Wildman–Crippen LogP) is 2.98. The summed E-state index contributed by atoms with van der Waals surface area (Å²) in [5, 5.41) is 0. The molecule has 158 valence electrons. The molecular weight excluding hydrogens is 372 g/mol. The zero-order valence-corrected chi connectivity index (χ0v) is 17.7. The molecule has 1 aliphatic carbocycles. The highest BCUT2D eigenvalue weighted by Gasteiger charge is 2.46. The molecule has 0 atom stereocenters. The van der Waals surface area contributed by atoms with Crippen LogP contribution in [0.15, 0.2) is 6.07 Å². The molecule has 3 fully saturated rings. The highest BCUT2D eigenvalue weighted by atomic mass is 16.6. The van der Waals surface area contributed by atoms with Crippen LogP contribution >= 0.6 is 0 Å². The number of esters is 1. The highest BCUT2D eigenvalue weighted by Crippen LogP contribution is 2.44. The summed E-state index contributed by atoms with van der Waals surface area (Å²) in [5.74, 6) is 1.51. The number of carbonyl (C=O) groups is 2. The van der Waals surface area contributed by atoms with Crippen molar-refractivity contribution in [1.29, 1.82) is 0 Å². The van der Waals surface area contributed by atoms with Gasteiger partial charge >= 0.3 is 12.1 Å². The van der Waals surface area contributed by atoms with Crippen molar-refractivity contribution in [3.05, 3.63) is 17.6 Å². The Morgan fingerprint density at radius 2 is 1.79 bits per heavy atom. The Labute approximate surface area is 171 Å². The maximum atomic E-state index is 12.3. The second-order valence-electron chi connectivity index (χ2n) is 9.56. The molecule has 0 aromatic carbocycles. The number of piperidine rings is 1. The van der Waals surface area contributed by atoms with E-state index >= 15 is 0 Å². The van der Waals surface area contributed by atoms with E-state index in [1.807, 2.05) is 25.7 Å². The van der Waals surface area contributed by atoms with E-state index in [1.54, 1.807) is 6.07 Å². The third-order valence-electron chi connectivity index (χ3n) is 5.92. The van der Waals surface area contributed by atoms with Gasteiger partial charge in [-0.05, 0) is 46.5 Å². The summed E-state index contributed by atoms with van der Waals surface area (Å²) in [7, 11) is 1.37. The van der Waals surface area contributed by atoms with Crippen molar-refractivity contribution in [2.24, 2.45) is 5.41 Å². The Bertz CT molecular complexity index is 799. The summed E-state index contributed by atoms with van der Waals surface area (Å²) in [5.41, 5.74) is 0.0673. The topological polar surface area (TPSA) is 84.9 Å². The minimum Gasteiger partial charge on any atom is -0.464 e. The Balaban J connectivity index is 1.38. The monoisotopic (exact) mass is 402 g/mol. The Morgan fingerprint density at radius 3 is 2.34 bits per heavy atom. The van der Waals surface area contributed by atoms with E-state index in [9.17, 15) is 9.59 Å². The fraction of sp³-hybridized carbons (Fsp3) is 0.714. The van der Waals surface area contributed by atoms with Crippen LogP contribution in [0.3, 0.4) is 0 Å². The molecule has 8 heteroatoms. The molecular formula is C21H30N4O4. The Kier molecular flexibility index (Phi) is 4.91. The number of amides is 1. The summed E-state index contributed by atoms with van der Waals surface area (Å²) in [6, 6.07) is 1.74. The summed E-state index contributed by atoms with van der Waals surface area (Å²) >= 11 is 0. The average Bonchev–Trinajstić information content (AvgIpc) is 3.49. The fourth-order valence-corrected chi connectivity index (χ4v) is 4.08. The lowest BCUT2D eigenvalue weighted by Crippen LogP contribution is -2.61. The van der Waals surface area contributed by atoms with Gasteiger partial charge in [0.2, 0.25) is 0 Å². The molecule has 0 radical (unpaired) electrons. The molecule has 1 spiro atoms. The maximum Gasteiger partial charge on any atom is 0.410 e.